The third-order valence-corrected chi connectivity index (χ3v) is 3.31. The van der Waals surface area contributed by atoms with E-state index >= 15 is 0 Å². The van der Waals surface area contributed by atoms with Gasteiger partial charge in [-0.25, -0.2) is 4.39 Å². The summed E-state index contributed by atoms with van der Waals surface area (Å²) in [4.78, 5) is 4.14. The van der Waals surface area contributed by atoms with E-state index < -0.39 is 0 Å². The van der Waals surface area contributed by atoms with Gasteiger partial charge in [0.25, 0.3) is 0 Å². The normalized spacial score (nSPS) is 12.2. The van der Waals surface area contributed by atoms with Gasteiger partial charge in [0.15, 0.2) is 11.7 Å². The molecule has 6 nitrogen and oxygen atoms in total. The van der Waals surface area contributed by atoms with Crippen LogP contribution in [0.3, 0.4) is 0 Å². The lowest BCUT2D eigenvalue weighted by Gasteiger charge is -2.17. The Morgan fingerprint density at radius 1 is 1.36 bits per heavy atom. The summed E-state index contributed by atoms with van der Waals surface area (Å²) in [6.07, 6.45) is 0.688. The van der Waals surface area contributed by atoms with Gasteiger partial charge in [-0.2, -0.15) is 0 Å². The summed E-state index contributed by atoms with van der Waals surface area (Å²) >= 11 is 0. The number of rotatable bonds is 7. The summed E-state index contributed by atoms with van der Waals surface area (Å²) in [7, 11) is 1.69. The number of aryl methyl sites for hydroxylation is 1. The highest BCUT2D eigenvalue weighted by Crippen LogP contribution is 2.13. The minimum absolute atomic E-state index is 0. The van der Waals surface area contributed by atoms with Gasteiger partial charge in [0.2, 0.25) is 0 Å². The second-order valence-electron chi connectivity index (χ2n) is 5.33. The van der Waals surface area contributed by atoms with Crippen LogP contribution < -0.4 is 15.4 Å². The molecule has 0 saturated carbocycles. The molecule has 25 heavy (non-hydrogen) atoms. The van der Waals surface area contributed by atoms with Crippen LogP contribution in [0.15, 0.2) is 39.8 Å². The second kappa shape index (κ2) is 10.9. The fraction of sp³-hybridized carbons (Fsp3) is 0.412. The molecule has 0 aliphatic heterocycles. The zero-order valence-corrected chi connectivity index (χ0v) is 16.9. The van der Waals surface area contributed by atoms with Gasteiger partial charge in [0.05, 0.1) is 18.8 Å². The Hall–Kier alpha value is -1.84. The van der Waals surface area contributed by atoms with Crippen molar-refractivity contribution >= 4 is 29.9 Å². The first kappa shape index (κ1) is 21.2. The first-order valence-electron chi connectivity index (χ1n) is 7.92. The fourth-order valence-corrected chi connectivity index (χ4v) is 2.05. The van der Waals surface area contributed by atoms with E-state index in [1.165, 1.54) is 12.1 Å². The van der Waals surface area contributed by atoms with Crippen molar-refractivity contribution in [2.24, 2.45) is 4.99 Å². The molecule has 0 bridgehead atoms. The summed E-state index contributed by atoms with van der Waals surface area (Å²) < 4.78 is 24.0. The van der Waals surface area contributed by atoms with E-state index in [2.05, 4.69) is 20.8 Å². The van der Waals surface area contributed by atoms with Gasteiger partial charge >= 0.3 is 0 Å². The Morgan fingerprint density at radius 3 is 2.80 bits per heavy atom. The number of halogens is 2. The molecule has 0 fully saturated rings. The van der Waals surface area contributed by atoms with Crippen molar-refractivity contribution in [3.05, 3.63) is 47.6 Å². The number of ether oxygens (including phenoxy) is 1. The van der Waals surface area contributed by atoms with E-state index in [4.69, 9.17) is 9.26 Å². The third kappa shape index (κ3) is 7.29. The molecule has 0 radical (unpaired) electrons. The number of guanidine groups is 1. The number of nitrogens with zero attached hydrogens (tertiary/aromatic N) is 2. The molecule has 1 atom stereocenters. The summed E-state index contributed by atoms with van der Waals surface area (Å²) in [5.41, 5.74) is 0.923. The molecule has 0 amide bonds. The molecular formula is C17H24FIN4O2. The van der Waals surface area contributed by atoms with Gasteiger partial charge < -0.3 is 19.9 Å². The van der Waals surface area contributed by atoms with Crippen LogP contribution in [-0.2, 0) is 13.0 Å². The Bertz CT molecular complexity index is 678. The Kier molecular flexibility index (Phi) is 9.25. The molecule has 2 N–H and O–H groups in total. The van der Waals surface area contributed by atoms with Crippen LogP contribution in [0.5, 0.6) is 5.75 Å². The third-order valence-electron chi connectivity index (χ3n) is 3.31. The number of nitrogens with one attached hydrogen (secondary N) is 2. The summed E-state index contributed by atoms with van der Waals surface area (Å²) in [6.45, 7) is 4.93. The molecule has 8 heteroatoms. The summed E-state index contributed by atoms with van der Waals surface area (Å²) in [6, 6.07) is 8.00. The van der Waals surface area contributed by atoms with Gasteiger partial charge in [0.1, 0.15) is 17.7 Å². The molecule has 1 unspecified atom stereocenters. The zero-order valence-electron chi connectivity index (χ0n) is 14.6. The van der Waals surface area contributed by atoms with Crippen molar-refractivity contribution in [3.8, 4) is 5.75 Å². The lowest BCUT2D eigenvalue weighted by molar-refractivity contribution is 0.223. The molecule has 2 rings (SSSR count). The van der Waals surface area contributed by atoms with E-state index in [0.717, 1.165) is 17.9 Å². The van der Waals surface area contributed by atoms with Crippen molar-refractivity contribution in [1.29, 1.82) is 0 Å². The van der Waals surface area contributed by atoms with E-state index in [1.807, 2.05) is 19.9 Å². The van der Waals surface area contributed by atoms with Gasteiger partial charge in [-0.15, -0.1) is 24.0 Å². The van der Waals surface area contributed by atoms with E-state index in [1.54, 1.807) is 19.2 Å². The molecule has 138 valence electrons. The number of aromatic nitrogens is 1. The molecule has 1 aromatic carbocycles. The van der Waals surface area contributed by atoms with Crippen LogP contribution in [0.4, 0.5) is 4.39 Å². The molecular weight excluding hydrogens is 438 g/mol. The molecule has 1 aromatic heterocycles. The number of benzene rings is 1. The quantitative estimate of drug-likeness (QED) is 0.376. The molecule has 0 aliphatic carbocycles. The van der Waals surface area contributed by atoms with Gasteiger partial charge in [-0.05, 0) is 25.5 Å². The molecule has 2 aromatic rings. The van der Waals surface area contributed by atoms with Gasteiger partial charge in [-0.3, -0.25) is 4.99 Å². The van der Waals surface area contributed by atoms with E-state index in [0.29, 0.717) is 24.8 Å². The van der Waals surface area contributed by atoms with Crippen LogP contribution in [0.2, 0.25) is 0 Å². The second-order valence-corrected chi connectivity index (χ2v) is 5.33. The number of hydrogen-bond acceptors (Lipinski definition) is 4. The maximum absolute atomic E-state index is 13.1. The van der Waals surface area contributed by atoms with E-state index in [-0.39, 0.29) is 35.9 Å². The van der Waals surface area contributed by atoms with Gasteiger partial charge in [-0.1, -0.05) is 18.1 Å². The molecule has 0 spiro atoms. The van der Waals surface area contributed by atoms with Crippen LogP contribution in [-0.4, -0.2) is 30.8 Å². The molecule has 0 saturated heterocycles. The molecule has 1 heterocycles. The Morgan fingerprint density at radius 2 is 2.16 bits per heavy atom. The maximum atomic E-state index is 13.1. The average molecular weight is 462 g/mol. The highest BCUT2D eigenvalue weighted by molar-refractivity contribution is 14.0. The van der Waals surface area contributed by atoms with Crippen LogP contribution in [0.25, 0.3) is 0 Å². The SMILES string of the molecule is CCc1cc(CNC(=NC)NCC(C)Oc2cccc(F)c2)on1.I. The lowest BCUT2D eigenvalue weighted by Crippen LogP contribution is -2.41. The fourth-order valence-electron chi connectivity index (χ4n) is 2.05. The number of hydrogen-bond donors (Lipinski definition) is 2. The first-order chi connectivity index (χ1) is 11.6. The highest BCUT2D eigenvalue weighted by Gasteiger charge is 2.08. The smallest absolute Gasteiger partial charge is 0.191 e. The maximum Gasteiger partial charge on any atom is 0.191 e. The predicted molar refractivity (Wildman–Crippen MR) is 106 cm³/mol. The topological polar surface area (TPSA) is 71.7 Å². The monoisotopic (exact) mass is 462 g/mol. The van der Waals surface area contributed by atoms with Crippen molar-refractivity contribution in [1.82, 2.24) is 15.8 Å². The van der Waals surface area contributed by atoms with Crippen LogP contribution >= 0.6 is 24.0 Å². The Balaban J connectivity index is 0.00000312. The minimum atomic E-state index is -0.316. The molecule has 0 aliphatic rings. The first-order valence-corrected chi connectivity index (χ1v) is 7.92. The predicted octanol–water partition coefficient (Wildman–Crippen LogP) is 3.13. The van der Waals surface area contributed by atoms with Crippen molar-refractivity contribution in [2.45, 2.75) is 32.9 Å². The minimum Gasteiger partial charge on any atom is -0.489 e. The standard InChI is InChI=1S/C17H23FN4O2.HI/c1-4-14-9-16(24-22-14)11-21-17(19-3)20-10-12(2)23-15-7-5-6-13(18)8-15;/h5-9,12H,4,10-11H2,1-3H3,(H2,19,20,21);1H. The van der Waals surface area contributed by atoms with Crippen LogP contribution in [0, 0.1) is 5.82 Å². The summed E-state index contributed by atoms with van der Waals surface area (Å²) in [5.74, 6) is 1.56. The summed E-state index contributed by atoms with van der Waals surface area (Å²) in [5, 5.41) is 10.2. The zero-order chi connectivity index (χ0) is 17.4. The lowest BCUT2D eigenvalue weighted by atomic mass is 10.3. The van der Waals surface area contributed by atoms with Crippen molar-refractivity contribution in [2.75, 3.05) is 13.6 Å². The average Bonchev–Trinajstić information content (AvgIpc) is 3.03. The van der Waals surface area contributed by atoms with Crippen molar-refractivity contribution in [3.63, 3.8) is 0 Å². The highest BCUT2D eigenvalue weighted by atomic mass is 127. The van der Waals surface area contributed by atoms with E-state index in [9.17, 15) is 4.39 Å². The number of aliphatic imine (C=N–C) groups is 1. The van der Waals surface area contributed by atoms with Crippen molar-refractivity contribution < 1.29 is 13.7 Å². The Labute approximate surface area is 164 Å². The largest absolute Gasteiger partial charge is 0.489 e. The van der Waals surface area contributed by atoms with Gasteiger partial charge in [0, 0.05) is 19.2 Å². The van der Waals surface area contributed by atoms with Crippen LogP contribution in [0.1, 0.15) is 25.3 Å².